The fourth-order valence-electron chi connectivity index (χ4n) is 2.11. The van der Waals surface area contributed by atoms with Crippen molar-refractivity contribution < 1.29 is 4.74 Å². The Labute approximate surface area is 85.1 Å². The number of hydrogen-bond donors (Lipinski definition) is 1. The molecule has 2 rings (SSSR count). The molecule has 2 unspecified atom stereocenters. The van der Waals surface area contributed by atoms with Crippen molar-refractivity contribution in [1.82, 2.24) is 0 Å². The smallest absolute Gasteiger partial charge is 0.123 e. The topological polar surface area (TPSA) is 35.2 Å². The van der Waals surface area contributed by atoms with Gasteiger partial charge in [-0.05, 0) is 38.4 Å². The lowest BCUT2D eigenvalue weighted by atomic mass is 9.89. The lowest BCUT2D eigenvalue weighted by Crippen LogP contribution is -2.27. The molecule has 0 aliphatic carbocycles. The van der Waals surface area contributed by atoms with Crippen LogP contribution in [0.1, 0.15) is 30.4 Å². The van der Waals surface area contributed by atoms with Crippen LogP contribution in [0, 0.1) is 6.92 Å². The van der Waals surface area contributed by atoms with Gasteiger partial charge in [0.25, 0.3) is 0 Å². The van der Waals surface area contributed by atoms with Crippen LogP contribution in [-0.2, 0) is 0 Å². The maximum Gasteiger partial charge on any atom is 0.123 e. The average molecular weight is 191 g/mol. The Morgan fingerprint density at radius 3 is 3.00 bits per heavy atom. The van der Waals surface area contributed by atoms with Crippen LogP contribution in [0.15, 0.2) is 18.2 Å². The van der Waals surface area contributed by atoms with E-state index in [2.05, 4.69) is 32.0 Å². The Kier molecular flexibility index (Phi) is 2.46. The molecule has 2 heteroatoms. The largest absolute Gasteiger partial charge is 0.490 e. The lowest BCUT2D eigenvalue weighted by molar-refractivity contribution is 0.177. The molecule has 0 bridgehead atoms. The summed E-state index contributed by atoms with van der Waals surface area (Å²) in [7, 11) is 0. The van der Waals surface area contributed by atoms with Crippen molar-refractivity contribution in [2.45, 2.75) is 32.3 Å². The van der Waals surface area contributed by atoms with Crippen LogP contribution >= 0.6 is 0 Å². The Morgan fingerprint density at radius 1 is 1.50 bits per heavy atom. The van der Waals surface area contributed by atoms with Gasteiger partial charge in [-0.2, -0.15) is 0 Å². The van der Waals surface area contributed by atoms with Crippen molar-refractivity contribution in [2.24, 2.45) is 5.73 Å². The fourth-order valence-corrected chi connectivity index (χ4v) is 2.11. The van der Waals surface area contributed by atoms with Crippen LogP contribution < -0.4 is 10.5 Å². The fraction of sp³-hybridized carbons (Fsp3) is 0.500. The molecule has 0 amide bonds. The molecule has 0 radical (unpaired) electrons. The zero-order valence-corrected chi connectivity index (χ0v) is 8.79. The van der Waals surface area contributed by atoms with Crippen LogP contribution in [0.4, 0.5) is 0 Å². The van der Waals surface area contributed by atoms with Gasteiger partial charge in [0.05, 0.1) is 6.10 Å². The van der Waals surface area contributed by atoms with Crippen molar-refractivity contribution in [2.75, 3.05) is 6.54 Å². The number of ether oxygens (including phenoxy) is 1. The molecule has 0 spiro atoms. The summed E-state index contributed by atoms with van der Waals surface area (Å²) < 4.78 is 5.76. The van der Waals surface area contributed by atoms with Gasteiger partial charge >= 0.3 is 0 Å². The highest BCUT2D eigenvalue weighted by Gasteiger charge is 2.24. The summed E-state index contributed by atoms with van der Waals surface area (Å²) in [5.41, 5.74) is 8.34. The van der Waals surface area contributed by atoms with Gasteiger partial charge < -0.3 is 10.5 Å². The quantitative estimate of drug-likeness (QED) is 0.738. The van der Waals surface area contributed by atoms with Crippen molar-refractivity contribution in [1.29, 1.82) is 0 Å². The molecule has 2 N–H and O–H groups in total. The van der Waals surface area contributed by atoms with Gasteiger partial charge in [-0.1, -0.05) is 17.7 Å². The summed E-state index contributed by atoms with van der Waals surface area (Å²) in [6.07, 6.45) is 1.33. The van der Waals surface area contributed by atoms with Gasteiger partial charge in [0.1, 0.15) is 5.75 Å². The molecule has 0 aromatic heterocycles. The molecule has 0 saturated heterocycles. The van der Waals surface area contributed by atoms with Gasteiger partial charge in [0.2, 0.25) is 0 Å². The van der Waals surface area contributed by atoms with E-state index in [4.69, 9.17) is 10.5 Å². The highest BCUT2D eigenvalue weighted by molar-refractivity contribution is 5.41. The van der Waals surface area contributed by atoms with Gasteiger partial charge in [0, 0.05) is 5.92 Å². The first-order valence-corrected chi connectivity index (χ1v) is 5.18. The molecule has 1 aromatic carbocycles. The van der Waals surface area contributed by atoms with Gasteiger partial charge in [-0.25, -0.2) is 0 Å². The molecule has 1 aromatic rings. The first-order chi connectivity index (χ1) is 6.70. The second-order valence-corrected chi connectivity index (χ2v) is 4.14. The standard InChI is InChI=1S/C12H17NO/c1-8-3-4-12-11(5-8)10(7-13)6-9(2)14-12/h3-5,9-10H,6-7,13H2,1-2H3. The molecule has 76 valence electrons. The third-order valence-electron chi connectivity index (χ3n) is 2.83. The van der Waals surface area contributed by atoms with Gasteiger partial charge in [0.15, 0.2) is 0 Å². The van der Waals surface area contributed by atoms with Crippen molar-refractivity contribution in [3.8, 4) is 5.75 Å². The van der Waals surface area contributed by atoms with Crippen molar-refractivity contribution in [3.63, 3.8) is 0 Å². The summed E-state index contributed by atoms with van der Waals surface area (Å²) in [4.78, 5) is 0. The van der Waals surface area contributed by atoms with E-state index in [1.54, 1.807) is 0 Å². The van der Waals surface area contributed by atoms with E-state index in [0.717, 1.165) is 12.2 Å². The average Bonchev–Trinajstić information content (AvgIpc) is 2.17. The van der Waals surface area contributed by atoms with E-state index in [9.17, 15) is 0 Å². The summed E-state index contributed by atoms with van der Waals surface area (Å²) in [6.45, 7) is 4.92. The van der Waals surface area contributed by atoms with Crippen LogP contribution in [0.2, 0.25) is 0 Å². The summed E-state index contributed by atoms with van der Waals surface area (Å²) >= 11 is 0. The minimum atomic E-state index is 0.291. The minimum Gasteiger partial charge on any atom is -0.490 e. The van der Waals surface area contributed by atoms with Gasteiger partial charge in [-0.15, -0.1) is 0 Å². The monoisotopic (exact) mass is 191 g/mol. The first-order valence-electron chi connectivity index (χ1n) is 5.18. The van der Waals surface area contributed by atoms with E-state index in [1.807, 2.05) is 0 Å². The molecule has 0 saturated carbocycles. The van der Waals surface area contributed by atoms with Crippen LogP contribution in [0.25, 0.3) is 0 Å². The summed E-state index contributed by atoms with van der Waals surface area (Å²) in [6, 6.07) is 6.34. The number of benzene rings is 1. The molecular formula is C12H17NO. The second-order valence-electron chi connectivity index (χ2n) is 4.14. The number of hydrogen-bond acceptors (Lipinski definition) is 2. The maximum absolute atomic E-state index is 5.77. The third-order valence-corrected chi connectivity index (χ3v) is 2.83. The summed E-state index contributed by atoms with van der Waals surface area (Å²) in [5, 5.41) is 0. The Balaban J connectivity index is 2.41. The molecule has 1 heterocycles. The van der Waals surface area contributed by atoms with Crippen molar-refractivity contribution >= 4 is 0 Å². The molecule has 2 atom stereocenters. The Bertz CT molecular complexity index is 335. The predicted octanol–water partition coefficient (Wildman–Crippen LogP) is 2.21. The summed E-state index contributed by atoms with van der Waals surface area (Å²) in [5.74, 6) is 1.48. The highest BCUT2D eigenvalue weighted by atomic mass is 16.5. The van der Waals surface area contributed by atoms with Crippen LogP contribution in [-0.4, -0.2) is 12.6 Å². The Morgan fingerprint density at radius 2 is 2.29 bits per heavy atom. The SMILES string of the molecule is Cc1ccc2c(c1)C(CN)CC(C)O2. The van der Waals surface area contributed by atoms with E-state index in [-0.39, 0.29) is 0 Å². The number of aryl methyl sites for hydroxylation is 1. The highest BCUT2D eigenvalue weighted by Crippen LogP contribution is 2.35. The van der Waals surface area contributed by atoms with Crippen LogP contribution in [0.3, 0.4) is 0 Å². The maximum atomic E-state index is 5.77. The van der Waals surface area contributed by atoms with E-state index < -0.39 is 0 Å². The third kappa shape index (κ3) is 1.62. The van der Waals surface area contributed by atoms with Gasteiger partial charge in [-0.3, -0.25) is 0 Å². The molecule has 1 aliphatic rings. The minimum absolute atomic E-state index is 0.291. The van der Waals surface area contributed by atoms with Crippen LogP contribution in [0.5, 0.6) is 5.75 Å². The number of nitrogens with two attached hydrogens (primary N) is 1. The molecule has 0 fully saturated rings. The van der Waals surface area contributed by atoms with Crippen molar-refractivity contribution in [3.05, 3.63) is 29.3 Å². The first kappa shape index (κ1) is 9.53. The molecule has 14 heavy (non-hydrogen) atoms. The van der Waals surface area contributed by atoms with E-state index >= 15 is 0 Å². The zero-order chi connectivity index (χ0) is 10.1. The normalized spacial score (nSPS) is 25.4. The number of rotatable bonds is 1. The molecule has 2 nitrogen and oxygen atoms in total. The van der Waals surface area contributed by atoms with E-state index in [1.165, 1.54) is 11.1 Å². The lowest BCUT2D eigenvalue weighted by Gasteiger charge is -2.29. The predicted molar refractivity (Wildman–Crippen MR) is 57.7 cm³/mol. The second kappa shape index (κ2) is 3.62. The Hall–Kier alpha value is -1.02. The zero-order valence-electron chi connectivity index (χ0n) is 8.79. The number of fused-ring (bicyclic) bond motifs is 1. The van der Waals surface area contributed by atoms with E-state index in [0.29, 0.717) is 18.6 Å². The molecular weight excluding hydrogens is 174 g/mol. The molecule has 1 aliphatic heterocycles.